The van der Waals surface area contributed by atoms with Crippen molar-refractivity contribution in [2.24, 2.45) is 17.8 Å². The van der Waals surface area contributed by atoms with Crippen molar-refractivity contribution >= 4 is 48.8 Å². The largest absolute Gasteiger partial charge is 0.508 e. The van der Waals surface area contributed by atoms with Gasteiger partial charge in [0.15, 0.2) is 6.10 Å². The number of piperidine rings is 1. The number of hydrogen-bond donors (Lipinski definition) is 4. The van der Waals surface area contributed by atoms with Crippen molar-refractivity contribution in [2.45, 2.75) is 123 Å². The number of carboxylic acids is 1. The molecule has 54 heavy (non-hydrogen) atoms. The number of thiazole rings is 1. The number of nitrogens with zero attached hydrogens (tertiary/aromatic N) is 3. The van der Waals surface area contributed by atoms with Crippen LogP contribution in [-0.4, -0.2) is 107 Å². The monoisotopic (exact) mass is 769 g/mol. The number of amides is 3. The Morgan fingerprint density at radius 1 is 1.07 bits per heavy atom. The molecule has 298 valence electrons. The zero-order valence-electron chi connectivity index (χ0n) is 33.2. The van der Waals surface area contributed by atoms with Gasteiger partial charge in [-0.25, -0.2) is 4.98 Å². The number of aromatic hydroxyl groups is 1. The zero-order valence-corrected chi connectivity index (χ0v) is 34.0. The van der Waals surface area contributed by atoms with Crippen LogP contribution in [-0.2, 0) is 30.3 Å². The summed E-state index contributed by atoms with van der Waals surface area (Å²) in [6.45, 7) is 12.1. The molecule has 1 aliphatic heterocycles. The van der Waals surface area contributed by atoms with Gasteiger partial charge in [-0.2, -0.15) is 0 Å². The lowest BCUT2D eigenvalue weighted by Gasteiger charge is -2.40. The van der Waals surface area contributed by atoms with Gasteiger partial charge in [-0.1, -0.05) is 65.9 Å². The summed E-state index contributed by atoms with van der Waals surface area (Å²) in [5, 5.41) is 27.3. The molecule has 0 saturated carbocycles. The van der Waals surface area contributed by atoms with Crippen LogP contribution in [0.2, 0.25) is 6.32 Å². The van der Waals surface area contributed by atoms with Gasteiger partial charge in [-0.05, 0) is 68.8 Å². The maximum Gasteiger partial charge on any atom is 0.306 e. The minimum atomic E-state index is -0.981. The number of carbonyl (C=O) groups excluding carboxylic acids is 4. The van der Waals surface area contributed by atoms with E-state index in [9.17, 15) is 34.2 Å². The second kappa shape index (κ2) is 21.2. The maximum atomic E-state index is 14.6. The van der Waals surface area contributed by atoms with Crippen LogP contribution in [0.5, 0.6) is 5.75 Å². The van der Waals surface area contributed by atoms with E-state index < -0.39 is 48.0 Å². The molecule has 0 aliphatic carbocycles. The molecule has 1 unspecified atom stereocenters. The predicted octanol–water partition coefficient (Wildman–Crippen LogP) is 4.21. The van der Waals surface area contributed by atoms with E-state index in [0.29, 0.717) is 30.7 Å². The van der Waals surface area contributed by atoms with Crippen molar-refractivity contribution in [1.29, 1.82) is 0 Å². The van der Waals surface area contributed by atoms with Gasteiger partial charge in [0.05, 0.1) is 12.0 Å². The van der Waals surface area contributed by atoms with Crippen LogP contribution in [0.15, 0.2) is 29.6 Å². The summed E-state index contributed by atoms with van der Waals surface area (Å²) in [7, 11) is 3.94. The third-order valence-corrected chi connectivity index (χ3v) is 11.3. The summed E-state index contributed by atoms with van der Waals surface area (Å²) < 4.78 is 5.83. The Balaban J connectivity index is 1.88. The minimum absolute atomic E-state index is 0.0593. The standard InChI is InChI=1S/C39H60BN5O8S/c1-8-24(4)34(43-36(49)31-11-9-10-17-44(31)7)38(50)45(18-16-40)32(23(2)3)21-33(53-26(6)46)37-42-30(22-54-37)35(48)41-28(19-25(5)39(51)52)20-27-12-14-29(47)15-13-27/h12-15,22-25,28,31-34,47H,8-11,16-21,40H2,1-7H3,(H,41,48)(H,43,49)(H,51,52)/t24?,25-,28+,31+,32+,33+,34-/m0/s1. The van der Waals surface area contributed by atoms with Crippen LogP contribution in [0.1, 0.15) is 107 Å². The topological polar surface area (TPSA) is 178 Å². The molecule has 1 aliphatic rings. The molecule has 3 amide bonds. The number of carbonyl (C=O) groups is 5. The van der Waals surface area contributed by atoms with Crippen LogP contribution in [0, 0.1) is 17.8 Å². The first kappa shape index (κ1) is 44.4. The minimum Gasteiger partial charge on any atom is -0.508 e. The molecule has 0 bridgehead atoms. The molecule has 1 aromatic carbocycles. The van der Waals surface area contributed by atoms with Gasteiger partial charge in [0.2, 0.25) is 11.8 Å². The molecule has 7 atom stereocenters. The second-order valence-electron chi connectivity index (χ2n) is 15.1. The number of likely N-dealkylation sites (tertiary alicyclic amines) is 1. The number of phenolic OH excluding ortho intramolecular Hbond substituents is 1. The van der Waals surface area contributed by atoms with Gasteiger partial charge in [0.25, 0.3) is 5.91 Å². The van der Waals surface area contributed by atoms with Crippen molar-refractivity contribution in [2.75, 3.05) is 20.1 Å². The second-order valence-corrected chi connectivity index (χ2v) is 16.0. The van der Waals surface area contributed by atoms with Gasteiger partial charge in [0.1, 0.15) is 30.3 Å². The Morgan fingerprint density at radius 3 is 2.33 bits per heavy atom. The van der Waals surface area contributed by atoms with Gasteiger partial charge in [-0.3, -0.25) is 28.9 Å². The van der Waals surface area contributed by atoms with Crippen molar-refractivity contribution in [3.05, 3.63) is 45.9 Å². The van der Waals surface area contributed by atoms with Gasteiger partial charge in [0, 0.05) is 37.4 Å². The number of esters is 1. The van der Waals surface area contributed by atoms with Gasteiger partial charge in [-0.15, -0.1) is 11.3 Å². The lowest BCUT2D eigenvalue weighted by Crippen LogP contribution is -2.58. The van der Waals surface area contributed by atoms with Crippen molar-refractivity contribution in [3.63, 3.8) is 0 Å². The molecule has 4 N–H and O–H groups in total. The summed E-state index contributed by atoms with van der Waals surface area (Å²) in [5.41, 5.74) is 0.910. The highest BCUT2D eigenvalue weighted by atomic mass is 32.1. The summed E-state index contributed by atoms with van der Waals surface area (Å²) in [4.78, 5) is 74.3. The fraction of sp³-hybridized carbons (Fsp3) is 0.641. The van der Waals surface area contributed by atoms with Crippen molar-refractivity contribution in [3.8, 4) is 5.75 Å². The fourth-order valence-electron chi connectivity index (χ4n) is 7.01. The van der Waals surface area contributed by atoms with Crippen LogP contribution < -0.4 is 10.6 Å². The van der Waals surface area contributed by atoms with Crippen LogP contribution in [0.25, 0.3) is 0 Å². The Bertz CT molecular complexity index is 1560. The van der Waals surface area contributed by atoms with Crippen LogP contribution in [0.4, 0.5) is 0 Å². The zero-order chi connectivity index (χ0) is 40.1. The number of phenols is 1. The van der Waals surface area contributed by atoms with E-state index in [1.165, 1.54) is 30.4 Å². The number of rotatable bonds is 20. The van der Waals surface area contributed by atoms with Gasteiger partial charge >= 0.3 is 11.9 Å². The first-order chi connectivity index (χ1) is 25.6. The van der Waals surface area contributed by atoms with E-state index in [4.69, 9.17) is 4.74 Å². The molecule has 1 aromatic heterocycles. The van der Waals surface area contributed by atoms with Crippen LogP contribution >= 0.6 is 11.3 Å². The molecule has 13 nitrogen and oxygen atoms in total. The third-order valence-electron chi connectivity index (χ3n) is 10.4. The molecule has 0 radical (unpaired) electrons. The number of hydrogen-bond acceptors (Lipinski definition) is 10. The number of ether oxygens (including phenoxy) is 1. The highest BCUT2D eigenvalue weighted by Gasteiger charge is 2.38. The van der Waals surface area contributed by atoms with E-state index in [-0.39, 0.29) is 54.0 Å². The summed E-state index contributed by atoms with van der Waals surface area (Å²) >= 11 is 1.17. The number of likely N-dealkylation sites (N-methyl/N-ethyl adjacent to an activating group) is 1. The van der Waals surface area contributed by atoms with Crippen LogP contribution in [0.3, 0.4) is 0 Å². The molecule has 2 aromatic rings. The van der Waals surface area contributed by atoms with E-state index >= 15 is 0 Å². The maximum absolute atomic E-state index is 14.6. The smallest absolute Gasteiger partial charge is 0.306 e. The first-order valence-corrected chi connectivity index (χ1v) is 20.2. The number of nitrogens with one attached hydrogen (secondary N) is 2. The number of benzene rings is 1. The molecule has 1 fully saturated rings. The van der Waals surface area contributed by atoms with E-state index in [1.54, 1.807) is 24.4 Å². The highest BCUT2D eigenvalue weighted by molar-refractivity contribution is 7.09. The molecule has 3 rings (SSSR count). The Morgan fingerprint density at radius 2 is 1.76 bits per heavy atom. The Labute approximate surface area is 325 Å². The summed E-state index contributed by atoms with van der Waals surface area (Å²) in [5.74, 6) is -3.13. The van der Waals surface area contributed by atoms with Crippen molar-refractivity contribution < 1.29 is 38.9 Å². The number of aliphatic carboxylic acids is 1. The summed E-state index contributed by atoms with van der Waals surface area (Å²) in [6, 6.07) is 4.56. The Hall–Kier alpha value is -3.98. The molecule has 1 saturated heterocycles. The van der Waals surface area contributed by atoms with Gasteiger partial charge < -0.3 is 30.5 Å². The predicted molar refractivity (Wildman–Crippen MR) is 211 cm³/mol. The average molecular weight is 770 g/mol. The number of aromatic nitrogens is 1. The normalized spacial score (nSPS) is 18.1. The van der Waals surface area contributed by atoms with Crippen molar-refractivity contribution in [1.82, 2.24) is 25.4 Å². The molecular formula is C39H60BN5O8S. The van der Waals surface area contributed by atoms with E-state index in [1.807, 2.05) is 47.5 Å². The lowest BCUT2D eigenvalue weighted by molar-refractivity contribution is -0.149. The first-order valence-electron chi connectivity index (χ1n) is 19.3. The quantitative estimate of drug-likeness (QED) is 0.113. The number of carboxylic acid groups (broad SMARTS) is 1. The average Bonchev–Trinajstić information content (AvgIpc) is 3.62. The molecule has 0 spiro atoms. The Kier molecular flexibility index (Phi) is 17.4. The molecule has 2 heterocycles. The van der Waals surface area contributed by atoms with E-state index in [0.717, 1.165) is 31.4 Å². The highest BCUT2D eigenvalue weighted by Crippen LogP contribution is 2.32. The van der Waals surface area contributed by atoms with E-state index in [2.05, 4.69) is 20.5 Å². The summed E-state index contributed by atoms with van der Waals surface area (Å²) in [6.07, 6.45) is 3.98. The lowest BCUT2D eigenvalue weighted by atomic mass is 9.91. The molecular weight excluding hydrogens is 709 g/mol. The SMILES string of the molecule is BCCN(C(=O)[C@@H](NC(=O)[C@H]1CCCCN1C)C(C)CC)[C@H](C[C@@H](OC(C)=O)c1nc(C(=O)N[C@@H](Cc2ccc(O)cc2)C[C@H](C)C(=O)O)cs1)C(C)C. The third kappa shape index (κ3) is 12.8. The molecule has 15 heteroatoms. The fourth-order valence-corrected chi connectivity index (χ4v) is 7.85.